The van der Waals surface area contributed by atoms with Gasteiger partial charge >= 0.3 is 0 Å². The summed E-state index contributed by atoms with van der Waals surface area (Å²) in [6, 6.07) is 3.92. The van der Waals surface area contributed by atoms with Crippen molar-refractivity contribution < 1.29 is 9.21 Å². The largest absolute Gasteiger partial charge is 0.450 e. The van der Waals surface area contributed by atoms with Crippen molar-refractivity contribution in [2.75, 3.05) is 7.05 Å². The number of furan rings is 1. The maximum atomic E-state index is 11.9. The Bertz CT molecular complexity index is 587. The normalized spacial score (nSPS) is 22.5. The van der Waals surface area contributed by atoms with Gasteiger partial charge in [0.25, 0.3) is 5.91 Å². The van der Waals surface area contributed by atoms with Crippen LogP contribution in [-0.2, 0) is 4.79 Å². The van der Waals surface area contributed by atoms with Gasteiger partial charge in [-0.1, -0.05) is 55.0 Å². The molecule has 112 valence electrons. The standard InChI is InChI=1S/C15H17NO2S3/c1-16-14(17)12(21-15(16)19)9-10-7-8-13(18-10)20-11-5-3-2-4-6-11/h7-9,11H,2-6H2,1H3/b12-9-. The third-order valence-corrected chi connectivity index (χ3v) is 6.44. The number of amides is 1. The molecule has 2 heterocycles. The lowest BCUT2D eigenvalue weighted by atomic mass is 10.0. The Labute approximate surface area is 138 Å². The van der Waals surface area contributed by atoms with E-state index in [0.29, 0.717) is 14.5 Å². The highest BCUT2D eigenvalue weighted by Gasteiger charge is 2.29. The minimum absolute atomic E-state index is 0.0529. The van der Waals surface area contributed by atoms with Gasteiger partial charge in [0.15, 0.2) is 5.09 Å². The maximum Gasteiger partial charge on any atom is 0.266 e. The second kappa shape index (κ2) is 6.58. The number of thioether (sulfide) groups is 2. The molecule has 1 aliphatic heterocycles. The Balaban J connectivity index is 1.67. The summed E-state index contributed by atoms with van der Waals surface area (Å²) >= 11 is 8.26. The van der Waals surface area contributed by atoms with Gasteiger partial charge in [-0.25, -0.2) is 0 Å². The molecule has 0 bridgehead atoms. The molecule has 6 heteroatoms. The van der Waals surface area contributed by atoms with Gasteiger partial charge in [0.2, 0.25) is 0 Å². The number of carbonyl (C=O) groups excluding carboxylic acids is 1. The fourth-order valence-electron chi connectivity index (χ4n) is 2.50. The predicted octanol–water partition coefficient (Wildman–Crippen LogP) is 4.54. The summed E-state index contributed by atoms with van der Waals surface area (Å²) in [5.41, 5.74) is 0. The van der Waals surface area contributed by atoms with Crippen LogP contribution in [0.1, 0.15) is 37.9 Å². The molecule has 2 aliphatic rings. The predicted molar refractivity (Wildman–Crippen MR) is 92.4 cm³/mol. The Morgan fingerprint density at radius 3 is 2.81 bits per heavy atom. The molecule has 1 saturated heterocycles. The summed E-state index contributed by atoms with van der Waals surface area (Å²) in [6.45, 7) is 0. The van der Waals surface area contributed by atoms with Gasteiger partial charge in [-0.2, -0.15) is 0 Å². The fraction of sp³-hybridized carbons (Fsp3) is 0.467. The summed E-state index contributed by atoms with van der Waals surface area (Å²) in [5.74, 6) is 0.671. The number of rotatable bonds is 3. The Morgan fingerprint density at radius 1 is 1.38 bits per heavy atom. The van der Waals surface area contributed by atoms with Crippen molar-refractivity contribution in [3.8, 4) is 0 Å². The van der Waals surface area contributed by atoms with Crippen molar-refractivity contribution in [2.24, 2.45) is 0 Å². The molecule has 3 rings (SSSR count). The van der Waals surface area contributed by atoms with E-state index in [1.165, 1.54) is 48.8 Å². The quantitative estimate of drug-likeness (QED) is 0.597. The number of hydrogen-bond donors (Lipinski definition) is 0. The zero-order valence-electron chi connectivity index (χ0n) is 11.8. The molecule has 1 saturated carbocycles. The first-order chi connectivity index (χ1) is 10.1. The van der Waals surface area contributed by atoms with Crippen LogP contribution in [-0.4, -0.2) is 27.4 Å². The van der Waals surface area contributed by atoms with E-state index in [1.807, 2.05) is 23.9 Å². The van der Waals surface area contributed by atoms with E-state index in [-0.39, 0.29) is 5.91 Å². The Morgan fingerprint density at radius 2 is 2.14 bits per heavy atom. The first-order valence-electron chi connectivity index (χ1n) is 7.11. The molecule has 0 N–H and O–H groups in total. The van der Waals surface area contributed by atoms with Crippen molar-refractivity contribution in [3.05, 3.63) is 22.8 Å². The second-order valence-corrected chi connectivity index (χ2v) is 8.26. The van der Waals surface area contributed by atoms with Crippen LogP contribution in [0, 0.1) is 0 Å². The number of carbonyl (C=O) groups is 1. The van der Waals surface area contributed by atoms with Gasteiger partial charge in [0.05, 0.1) is 4.91 Å². The van der Waals surface area contributed by atoms with Crippen molar-refractivity contribution in [1.29, 1.82) is 0 Å². The molecule has 0 atom stereocenters. The number of thiocarbonyl (C=S) groups is 1. The number of hydrogen-bond acceptors (Lipinski definition) is 5. The van der Waals surface area contributed by atoms with Gasteiger partial charge in [0.1, 0.15) is 10.1 Å². The molecule has 0 spiro atoms. The molecule has 2 fully saturated rings. The van der Waals surface area contributed by atoms with Crippen molar-refractivity contribution >= 4 is 52.0 Å². The average Bonchev–Trinajstić information content (AvgIpc) is 3.01. The molecular formula is C15H17NO2S3. The smallest absolute Gasteiger partial charge is 0.266 e. The number of likely N-dealkylation sites (N-methyl/N-ethyl adjacent to an activating group) is 1. The highest BCUT2D eigenvalue weighted by Crippen LogP contribution is 2.36. The average molecular weight is 340 g/mol. The van der Waals surface area contributed by atoms with Crippen molar-refractivity contribution in [1.82, 2.24) is 4.90 Å². The van der Waals surface area contributed by atoms with Crippen LogP contribution >= 0.6 is 35.7 Å². The minimum atomic E-state index is -0.0529. The Kier molecular flexibility index (Phi) is 4.76. The second-order valence-electron chi connectivity index (χ2n) is 5.28. The van der Waals surface area contributed by atoms with Gasteiger partial charge in [-0.05, 0) is 25.0 Å². The molecule has 1 aromatic rings. The van der Waals surface area contributed by atoms with Crippen LogP contribution in [0.5, 0.6) is 0 Å². The van der Waals surface area contributed by atoms with Crippen molar-refractivity contribution in [3.63, 3.8) is 0 Å². The lowest BCUT2D eigenvalue weighted by Gasteiger charge is -2.19. The topological polar surface area (TPSA) is 33.5 Å². The molecule has 1 aromatic heterocycles. The van der Waals surface area contributed by atoms with Crippen LogP contribution in [0.15, 0.2) is 26.5 Å². The Hall–Kier alpha value is -0.720. The van der Waals surface area contributed by atoms with Crippen molar-refractivity contribution in [2.45, 2.75) is 42.4 Å². The van der Waals surface area contributed by atoms with E-state index >= 15 is 0 Å². The molecule has 1 amide bonds. The summed E-state index contributed by atoms with van der Waals surface area (Å²) in [4.78, 5) is 14.1. The first kappa shape index (κ1) is 15.2. The van der Waals surface area contributed by atoms with Crippen LogP contribution < -0.4 is 0 Å². The van der Waals surface area contributed by atoms with Crippen LogP contribution in [0.25, 0.3) is 6.08 Å². The third kappa shape index (κ3) is 3.55. The van der Waals surface area contributed by atoms with E-state index in [2.05, 4.69) is 0 Å². The van der Waals surface area contributed by atoms with E-state index < -0.39 is 0 Å². The summed E-state index contributed by atoms with van der Waals surface area (Å²) < 4.78 is 6.42. The highest BCUT2D eigenvalue weighted by atomic mass is 32.2. The summed E-state index contributed by atoms with van der Waals surface area (Å²) in [7, 11) is 1.70. The summed E-state index contributed by atoms with van der Waals surface area (Å²) in [6.07, 6.45) is 8.34. The monoisotopic (exact) mass is 339 g/mol. The molecule has 0 unspecified atom stereocenters. The zero-order valence-corrected chi connectivity index (χ0v) is 14.3. The molecule has 0 aromatic carbocycles. The fourth-order valence-corrected chi connectivity index (χ4v) is 4.85. The van der Waals surface area contributed by atoms with Gasteiger partial charge in [0, 0.05) is 18.4 Å². The van der Waals surface area contributed by atoms with Crippen LogP contribution in [0.4, 0.5) is 0 Å². The van der Waals surface area contributed by atoms with E-state index in [0.717, 1.165) is 10.9 Å². The van der Waals surface area contributed by atoms with E-state index in [1.54, 1.807) is 13.1 Å². The highest BCUT2D eigenvalue weighted by molar-refractivity contribution is 8.26. The summed E-state index contributed by atoms with van der Waals surface area (Å²) in [5, 5.41) is 1.62. The van der Waals surface area contributed by atoms with E-state index in [9.17, 15) is 4.79 Å². The lowest BCUT2D eigenvalue weighted by Crippen LogP contribution is -2.22. The van der Waals surface area contributed by atoms with Gasteiger partial charge in [-0.3, -0.25) is 9.69 Å². The van der Waals surface area contributed by atoms with Crippen LogP contribution in [0.2, 0.25) is 0 Å². The molecular weight excluding hydrogens is 322 g/mol. The zero-order chi connectivity index (χ0) is 14.8. The van der Waals surface area contributed by atoms with Crippen LogP contribution in [0.3, 0.4) is 0 Å². The maximum absolute atomic E-state index is 11.9. The SMILES string of the molecule is CN1C(=O)/C(=C/c2ccc(SC3CCCCC3)o2)SC1=S. The third-order valence-electron chi connectivity index (χ3n) is 3.70. The minimum Gasteiger partial charge on any atom is -0.450 e. The molecule has 1 aliphatic carbocycles. The van der Waals surface area contributed by atoms with Gasteiger partial charge < -0.3 is 4.42 Å². The molecule has 0 radical (unpaired) electrons. The first-order valence-corrected chi connectivity index (χ1v) is 9.22. The lowest BCUT2D eigenvalue weighted by molar-refractivity contribution is -0.121. The molecule has 3 nitrogen and oxygen atoms in total. The van der Waals surface area contributed by atoms with Gasteiger partial charge in [-0.15, -0.1) is 0 Å². The number of nitrogens with zero attached hydrogens (tertiary/aromatic N) is 1. The molecule has 21 heavy (non-hydrogen) atoms. The van der Waals surface area contributed by atoms with E-state index in [4.69, 9.17) is 16.6 Å².